The van der Waals surface area contributed by atoms with E-state index in [9.17, 15) is 4.79 Å². The van der Waals surface area contributed by atoms with E-state index in [1.54, 1.807) is 23.5 Å². The van der Waals surface area contributed by atoms with Crippen molar-refractivity contribution in [3.63, 3.8) is 0 Å². The first kappa shape index (κ1) is 13.3. The first-order valence-corrected chi connectivity index (χ1v) is 7.89. The van der Waals surface area contributed by atoms with Gasteiger partial charge in [0, 0.05) is 4.88 Å². The third kappa shape index (κ3) is 2.75. The highest BCUT2D eigenvalue weighted by molar-refractivity contribution is 7.16. The maximum Gasteiger partial charge on any atom is 0.267 e. The number of amides is 1. The number of aromatic nitrogens is 1. The molecule has 6 heteroatoms. The fourth-order valence-electron chi connectivity index (χ4n) is 2.06. The summed E-state index contributed by atoms with van der Waals surface area (Å²) in [5.41, 5.74) is 1.13. The molecule has 1 aliphatic rings. The second-order valence-corrected chi connectivity index (χ2v) is 6.49. The summed E-state index contributed by atoms with van der Waals surface area (Å²) in [6, 6.07) is 3.52. The van der Waals surface area contributed by atoms with Gasteiger partial charge in [0.1, 0.15) is 6.61 Å². The molecule has 0 atom stereocenters. The minimum atomic E-state index is -0.176. The van der Waals surface area contributed by atoms with E-state index in [1.807, 2.05) is 0 Å². The van der Waals surface area contributed by atoms with Crippen LogP contribution >= 0.6 is 22.7 Å². The molecule has 2 heterocycles. The van der Waals surface area contributed by atoms with E-state index in [1.165, 1.54) is 22.6 Å². The smallest absolute Gasteiger partial charge is 0.267 e. The number of fused-ring (bicyclic) bond motifs is 1. The number of nitrogens with zero attached hydrogens (tertiary/aromatic N) is 1. The highest BCUT2D eigenvalue weighted by Gasteiger charge is 2.18. The average molecular weight is 304 g/mol. The number of nitrogens with one attached hydrogen (secondary N) is 1. The number of carbonyl (C=O) groups excluding carboxylic acids is 1. The highest BCUT2D eigenvalue weighted by atomic mass is 32.1. The molecule has 0 saturated carbocycles. The molecule has 0 bridgehead atoms. The maximum absolute atomic E-state index is 12.1. The van der Waals surface area contributed by atoms with Crippen LogP contribution in [0.1, 0.15) is 31.5 Å². The third-order valence-corrected chi connectivity index (χ3v) is 5.01. The summed E-state index contributed by atoms with van der Waals surface area (Å²) in [6.07, 6.45) is 3.25. The van der Waals surface area contributed by atoms with Gasteiger partial charge < -0.3 is 5.11 Å². The van der Waals surface area contributed by atoms with Gasteiger partial charge in [-0.1, -0.05) is 11.8 Å². The second-order valence-electron chi connectivity index (χ2n) is 4.32. The molecule has 0 aliphatic heterocycles. The van der Waals surface area contributed by atoms with Gasteiger partial charge in [0.25, 0.3) is 5.91 Å². The van der Waals surface area contributed by atoms with Crippen LogP contribution in [0.4, 0.5) is 5.13 Å². The number of hydrogen-bond acceptors (Lipinski definition) is 5. The van der Waals surface area contributed by atoms with Crippen LogP contribution in [0.25, 0.3) is 0 Å². The van der Waals surface area contributed by atoms with E-state index >= 15 is 0 Å². The SMILES string of the molecule is O=C(Nc1nc2c(s1)CCC2)c1ccc(C#CCO)s1. The number of hydrogen-bond donors (Lipinski definition) is 2. The monoisotopic (exact) mass is 304 g/mol. The number of aliphatic hydroxyl groups excluding tert-OH is 1. The lowest BCUT2D eigenvalue weighted by Crippen LogP contribution is -2.09. The van der Waals surface area contributed by atoms with Gasteiger partial charge in [-0.15, -0.1) is 22.7 Å². The number of anilines is 1. The molecule has 0 saturated heterocycles. The number of rotatable bonds is 2. The molecule has 0 fully saturated rings. The molecule has 2 N–H and O–H groups in total. The Morgan fingerprint density at radius 3 is 3.10 bits per heavy atom. The Morgan fingerprint density at radius 1 is 1.40 bits per heavy atom. The predicted octanol–water partition coefficient (Wildman–Crippen LogP) is 2.29. The first-order valence-electron chi connectivity index (χ1n) is 6.26. The van der Waals surface area contributed by atoms with Crippen LogP contribution in [0.2, 0.25) is 0 Å². The first-order chi connectivity index (χ1) is 9.76. The normalized spacial score (nSPS) is 12.7. The van der Waals surface area contributed by atoms with Crippen molar-refractivity contribution in [1.29, 1.82) is 0 Å². The molecule has 0 spiro atoms. The van der Waals surface area contributed by atoms with Crippen molar-refractivity contribution < 1.29 is 9.90 Å². The van der Waals surface area contributed by atoms with Gasteiger partial charge in [-0.3, -0.25) is 10.1 Å². The van der Waals surface area contributed by atoms with E-state index in [0.29, 0.717) is 10.0 Å². The Bertz CT molecular complexity index is 685. The second kappa shape index (κ2) is 5.75. The van der Waals surface area contributed by atoms with E-state index in [4.69, 9.17) is 5.11 Å². The number of aliphatic hydroxyl groups is 1. The van der Waals surface area contributed by atoms with E-state index in [2.05, 4.69) is 22.1 Å². The number of thiophene rings is 1. The minimum absolute atomic E-state index is 0.153. The zero-order valence-electron chi connectivity index (χ0n) is 10.6. The topological polar surface area (TPSA) is 62.2 Å². The zero-order chi connectivity index (χ0) is 13.9. The van der Waals surface area contributed by atoms with Crippen LogP contribution in [0, 0.1) is 11.8 Å². The lowest BCUT2D eigenvalue weighted by Gasteiger charge is -1.98. The van der Waals surface area contributed by atoms with Gasteiger partial charge in [0.05, 0.1) is 15.4 Å². The molecule has 102 valence electrons. The minimum Gasteiger partial charge on any atom is -0.384 e. The van der Waals surface area contributed by atoms with Crippen molar-refractivity contribution in [2.45, 2.75) is 19.3 Å². The standard InChI is InChI=1S/C14H12N2O2S2/c17-8-2-3-9-6-7-12(19-9)13(18)16-14-15-10-4-1-5-11(10)20-14/h6-7,17H,1,4-5,8H2,(H,15,16,18). The Balaban J connectivity index is 1.70. The molecule has 4 nitrogen and oxygen atoms in total. The molecule has 2 aromatic rings. The third-order valence-electron chi connectivity index (χ3n) is 2.94. The lowest BCUT2D eigenvalue weighted by atomic mass is 10.4. The van der Waals surface area contributed by atoms with Crippen molar-refractivity contribution in [2.24, 2.45) is 0 Å². The van der Waals surface area contributed by atoms with Crippen LogP contribution in [0.3, 0.4) is 0 Å². The number of aryl methyl sites for hydroxylation is 2. The fourth-order valence-corrected chi connectivity index (χ4v) is 3.88. The van der Waals surface area contributed by atoms with Gasteiger partial charge in [0.15, 0.2) is 5.13 Å². The molecular weight excluding hydrogens is 292 g/mol. The van der Waals surface area contributed by atoms with E-state index in [0.717, 1.165) is 23.4 Å². The molecule has 0 aromatic carbocycles. The Hall–Kier alpha value is -1.68. The van der Waals surface area contributed by atoms with Crippen molar-refractivity contribution in [3.8, 4) is 11.8 Å². The van der Waals surface area contributed by atoms with Crippen LogP contribution in [-0.4, -0.2) is 22.6 Å². The Morgan fingerprint density at radius 2 is 2.30 bits per heavy atom. The van der Waals surface area contributed by atoms with Gasteiger partial charge in [-0.2, -0.15) is 0 Å². The average Bonchev–Trinajstić information content (AvgIpc) is 3.10. The molecule has 0 radical (unpaired) electrons. The summed E-state index contributed by atoms with van der Waals surface area (Å²) in [5, 5.41) is 12.2. The Labute approximate surface area is 124 Å². The van der Waals surface area contributed by atoms with Crippen molar-refractivity contribution in [1.82, 2.24) is 4.98 Å². The van der Waals surface area contributed by atoms with Crippen LogP contribution in [-0.2, 0) is 12.8 Å². The van der Waals surface area contributed by atoms with Crippen molar-refractivity contribution >= 4 is 33.7 Å². The van der Waals surface area contributed by atoms with Crippen LogP contribution in [0.15, 0.2) is 12.1 Å². The summed E-state index contributed by atoms with van der Waals surface area (Å²) >= 11 is 2.88. The summed E-state index contributed by atoms with van der Waals surface area (Å²) in [5.74, 6) is 5.20. The highest BCUT2D eigenvalue weighted by Crippen LogP contribution is 2.30. The largest absolute Gasteiger partial charge is 0.384 e. The van der Waals surface area contributed by atoms with Crippen LogP contribution in [0.5, 0.6) is 0 Å². The molecule has 1 aliphatic carbocycles. The van der Waals surface area contributed by atoms with Gasteiger partial charge in [-0.05, 0) is 31.4 Å². The van der Waals surface area contributed by atoms with Gasteiger partial charge >= 0.3 is 0 Å². The number of thiazole rings is 1. The number of carbonyl (C=O) groups is 1. The summed E-state index contributed by atoms with van der Waals surface area (Å²) < 4.78 is 0. The summed E-state index contributed by atoms with van der Waals surface area (Å²) in [6.45, 7) is -0.176. The van der Waals surface area contributed by atoms with Crippen molar-refractivity contribution in [2.75, 3.05) is 11.9 Å². The van der Waals surface area contributed by atoms with E-state index < -0.39 is 0 Å². The zero-order valence-corrected chi connectivity index (χ0v) is 12.2. The van der Waals surface area contributed by atoms with Crippen molar-refractivity contribution in [3.05, 3.63) is 32.5 Å². The molecule has 1 amide bonds. The molecular formula is C14H12N2O2S2. The summed E-state index contributed by atoms with van der Waals surface area (Å²) in [4.78, 5) is 19.2. The molecule has 2 aromatic heterocycles. The Kier molecular flexibility index (Phi) is 3.83. The molecule has 0 unspecified atom stereocenters. The summed E-state index contributed by atoms with van der Waals surface area (Å²) in [7, 11) is 0. The quantitative estimate of drug-likeness (QED) is 0.837. The molecule has 3 rings (SSSR count). The van der Waals surface area contributed by atoms with E-state index in [-0.39, 0.29) is 12.5 Å². The fraction of sp³-hybridized carbons (Fsp3) is 0.286. The van der Waals surface area contributed by atoms with Gasteiger partial charge in [-0.25, -0.2) is 4.98 Å². The van der Waals surface area contributed by atoms with Gasteiger partial charge in [0.2, 0.25) is 0 Å². The maximum atomic E-state index is 12.1. The lowest BCUT2D eigenvalue weighted by molar-refractivity contribution is 0.103. The predicted molar refractivity (Wildman–Crippen MR) is 80.4 cm³/mol. The van der Waals surface area contributed by atoms with Crippen LogP contribution < -0.4 is 5.32 Å². The molecule has 20 heavy (non-hydrogen) atoms.